The predicted octanol–water partition coefficient (Wildman–Crippen LogP) is 3.78. The number of carbonyl (C=O) groups excluding carboxylic acids is 1. The van der Waals surface area contributed by atoms with Crippen LogP contribution in [0.3, 0.4) is 0 Å². The molecule has 104 valence electrons. The van der Waals surface area contributed by atoms with Crippen molar-refractivity contribution in [2.24, 2.45) is 11.0 Å². The van der Waals surface area contributed by atoms with Crippen molar-refractivity contribution in [1.82, 2.24) is 5.43 Å². The summed E-state index contributed by atoms with van der Waals surface area (Å²) in [5, 5.41) is 4.67. The molecule has 0 bridgehead atoms. The Labute approximate surface area is 126 Å². The monoisotopic (exact) mass is 322 g/mol. The Kier molecular flexibility index (Phi) is 6.42. The van der Waals surface area contributed by atoms with E-state index in [0.717, 1.165) is 0 Å². The third kappa shape index (κ3) is 5.68. The van der Waals surface area contributed by atoms with Crippen LogP contribution in [-0.4, -0.2) is 18.7 Å². The quantitative estimate of drug-likeness (QED) is 0.509. The fraction of sp³-hybridized carbons (Fsp3) is 0.333. The van der Waals surface area contributed by atoms with E-state index in [1.54, 1.807) is 6.21 Å². The van der Waals surface area contributed by atoms with Crippen molar-refractivity contribution in [1.29, 1.82) is 0 Å². The summed E-state index contributed by atoms with van der Waals surface area (Å²) in [5.74, 6) is 0.156. The smallest absolute Gasteiger partial charge is 0.277 e. The average Bonchev–Trinajstić information content (AvgIpc) is 2.31. The number of rotatable bonds is 5. The highest BCUT2D eigenvalue weighted by Crippen LogP contribution is 2.33. The molecule has 1 N–H and O–H groups in total. The van der Waals surface area contributed by atoms with Gasteiger partial charge in [0.05, 0.1) is 15.1 Å². The van der Waals surface area contributed by atoms with Gasteiger partial charge in [0.2, 0.25) is 0 Å². The van der Waals surface area contributed by atoms with Gasteiger partial charge < -0.3 is 4.74 Å². The Morgan fingerprint density at radius 3 is 2.58 bits per heavy atom. The van der Waals surface area contributed by atoms with Crippen molar-refractivity contribution in [3.63, 3.8) is 0 Å². The first-order valence-corrected chi connectivity index (χ1v) is 6.63. The summed E-state index contributed by atoms with van der Waals surface area (Å²) in [7, 11) is 0. The lowest BCUT2D eigenvalue weighted by molar-refractivity contribution is -0.123. The molecule has 1 aromatic carbocycles. The van der Waals surface area contributed by atoms with Crippen molar-refractivity contribution < 1.29 is 9.53 Å². The first-order chi connectivity index (χ1) is 8.90. The lowest BCUT2D eigenvalue weighted by Crippen LogP contribution is -2.24. The predicted molar refractivity (Wildman–Crippen MR) is 78.4 cm³/mol. The van der Waals surface area contributed by atoms with E-state index in [0.29, 0.717) is 15.8 Å². The number of benzene rings is 1. The number of hydrazone groups is 1. The molecule has 19 heavy (non-hydrogen) atoms. The van der Waals surface area contributed by atoms with Gasteiger partial charge in [-0.25, -0.2) is 5.43 Å². The highest BCUT2D eigenvalue weighted by Gasteiger charge is 2.09. The molecule has 1 rings (SSSR count). The summed E-state index contributed by atoms with van der Waals surface area (Å²) in [6.07, 6.45) is 1.62. The van der Waals surface area contributed by atoms with Gasteiger partial charge in [-0.1, -0.05) is 48.7 Å². The average molecular weight is 324 g/mol. The molecule has 7 heteroatoms. The number of amides is 1. The third-order valence-corrected chi connectivity index (χ3v) is 2.91. The molecule has 1 amide bonds. The van der Waals surface area contributed by atoms with Gasteiger partial charge in [-0.15, -0.1) is 0 Å². The van der Waals surface area contributed by atoms with Crippen molar-refractivity contribution >= 4 is 46.9 Å². The Morgan fingerprint density at radius 1 is 1.32 bits per heavy atom. The van der Waals surface area contributed by atoms with Gasteiger partial charge in [0.25, 0.3) is 5.91 Å². The summed E-state index contributed by atoms with van der Waals surface area (Å²) in [6, 6.07) is 2.91. The molecule has 0 aromatic heterocycles. The van der Waals surface area contributed by atoms with Gasteiger partial charge in [0.15, 0.2) is 6.61 Å². The van der Waals surface area contributed by atoms with E-state index in [1.807, 2.05) is 13.8 Å². The number of carbonyl (C=O) groups is 1. The number of halogens is 3. The van der Waals surface area contributed by atoms with Crippen molar-refractivity contribution in [2.75, 3.05) is 6.61 Å². The normalized spacial score (nSPS) is 11.1. The van der Waals surface area contributed by atoms with Crippen LogP contribution in [0.2, 0.25) is 15.1 Å². The van der Waals surface area contributed by atoms with E-state index >= 15 is 0 Å². The maximum Gasteiger partial charge on any atom is 0.277 e. The SMILES string of the molecule is CC(C)/C=N/NC(=O)COc1cc(Cl)c(Cl)cc1Cl. The van der Waals surface area contributed by atoms with Gasteiger partial charge >= 0.3 is 0 Å². The largest absolute Gasteiger partial charge is 0.482 e. The van der Waals surface area contributed by atoms with Crippen LogP contribution in [-0.2, 0) is 4.79 Å². The molecule has 0 atom stereocenters. The molecule has 0 aliphatic carbocycles. The molecule has 0 fully saturated rings. The lowest BCUT2D eigenvalue weighted by atomic mass is 10.3. The fourth-order valence-corrected chi connectivity index (χ4v) is 1.64. The summed E-state index contributed by atoms with van der Waals surface area (Å²) in [4.78, 5) is 11.4. The van der Waals surface area contributed by atoms with E-state index in [1.165, 1.54) is 12.1 Å². The minimum absolute atomic E-state index is 0.215. The van der Waals surface area contributed by atoms with Crippen LogP contribution >= 0.6 is 34.8 Å². The molecule has 0 saturated carbocycles. The zero-order valence-electron chi connectivity index (χ0n) is 10.4. The van der Waals surface area contributed by atoms with Gasteiger partial charge in [0.1, 0.15) is 5.75 Å². The first kappa shape index (κ1) is 16.1. The molecule has 0 heterocycles. The van der Waals surface area contributed by atoms with E-state index < -0.39 is 0 Å². The molecular formula is C12H13Cl3N2O2. The second kappa shape index (κ2) is 7.58. The standard InChI is InChI=1S/C12H13Cl3N2O2/c1-7(2)5-16-17-12(18)6-19-11-4-9(14)8(13)3-10(11)15/h3-5,7H,6H2,1-2H3,(H,17,18)/b16-5+. The van der Waals surface area contributed by atoms with Gasteiger partial charge in [-0.3, -0.25) is 4.79 Å². The van der Waals surface area contributed by atoms with Crippen molar-refractivity contribution in [2.45, 2.75) is 13.8 Å². The van der Waals surface area contributed by atoms with E-state index in [2.05, 4.69) is 10.5 Å². The third-order valence-electron chi connectivity index (χ3n) is 1.90. The van der Waals surface area contributed by atoms with Crippen LogP contribution in [0.1, 0.15) is 13.8 Å². The highest BCUT2D eigenvalue weighted by molar-refractivity contribution is 6.43. The Bertz CT molecular complexity index is 490. The summed E-state index contributed by atoms with van der Waals surface area (Å²) < 4.78 is 5.23. The number of ether oxygens (including phenoxy) is 1. The molecule has 0 spiro atoms. The molecule has 0 aliphatic heterocycles. The number of hydrogen-bond acceptors (Lipinski definition) is 3. The summed E-state index contributed by atoms with van der Waals surface area (Å²) >= 11 is 17.5. The minimum Gasteiger partial charge on any atom is -0.482 e. The first-order valence-electron chi connectivity index (χ1n) is 5.49. The maximum absolute atomic E-state index is 11.4. The summed E-state index contributed by atoms with van der Waals surface area (Å²) in [6.45, 7) is 3.68. The Balaban J connectivity index is 2.53. The highest BCUT2D eigenvalue weighted by atomic mass is 35.5. The van der Waals surface area contributed by atoms with Gasteiger partial charge in [0, 0.05) is 12.3 Å². The Morgan fingerprint density at radius 2 is 1.95 bits per heavy atom. The van der Waals surface area contributed by atoms with Crippen molar-refractivity contribution in [3.8, 4) is 5.75 Å². The maximum atomic E-state index is 11.4. The zero-order valence-corrected chi connectivity index (χ0v) is 12.7. The second-order valence-electron chi connectivity index (χ2n) is 4.04. The minimum atomic E-state index is -0.390. The molecule has 0 saturated heterocycles. The van der Waals surface area contributed by atoms with Crippen molar-refractivity contribution in [3.05, 3.63) is 27.2 Å². The molecule has 0 unspecified atom stereocenters. The molecular weight excluding hydrogens is 311 g/mol. The van der Waals surface area contributed by atoms with Gasteiger partial charge in [-0.05, 0) is 12.0 Å². The van der Waals surface area contributed by atoms with Crippen LogP contribution < -0.4 is 10.2 Å². The molecule has 0 radical (unpaired) electrons. The molecule has 1 aromatic rings. The van der Waals surface area contributed by atoms with Crippen LogP contribution in [0.4, 0.5) is 0 Å². The number of nitrogens with one attached hydrogen (secondary N) is 1. The van der Waals surface area contributed by atoms with Crippen LogP contribution in [0.15, 0.2) is 17.2 Å². The number of hydrogen-bond donors (Lipinski definition) is 1. The summed E-state index contributed by atoms with van der Waals surface area (Å²) in [5.41, 5.74) is 2.33. The lowest BCUT2D eigenvalue weighted by Gasteiger charge is -2.08. The van der Waals surface area contributed by atoms with Crippen LogP contribution in [0, 0.1) is 5.92 Å². The molecule has 0 aliphatic rings. The van der Waals surface area contributed by atoms with E-state index in [-0.39, 0.29) is 23.5 Å². The van der Waals surface area contributed by atoms with E-state index in [9.17, 15) is 4.79 Å². The van der Waals surface area contributed by atoms with Gasteiger partial charge in [-0.2, -0.15) is 5.10 Å². The topological polar surface area (TPSA) is 50.7 Å². The van der Waals surface area contributed by atoms with E-state index in [4.69, 9.17) is 39.5 Å². The molecule has 4 nitrogen and oxygen atoms in total. The van der Waals surface area contributed by atoms with Crippen LogP contribution in [0.25, 0.3) is 0 Å². The Hall–Kier alpha value is -0.970. The second-order valence-corrected chi connectivity index (χ2v) is 5.26. The van der Waals surface area contributed by atoms with Crippen LogP contribution in [0.5, 0.6) is 5.75 Å². The number of nitrogens with zero attached hydrogens (tertiary/aromatic N) is 1. The fourth-order valence-electron chi connectivity index (χ4n) is 1.05. The zero-order chi connectivity index (χ0) is 14.4.